The van der Waals surface area contributed by atoms with Gasteiger partial charge in [0, 0.05) is 5.56 Å². The lowest BCUT2D eigenvalue weighted by Crippen LogP contribution is -2.13. The van der Waals surface area contributed by atoms with E-state index in [1.807, 2.05) is 0 Å². The Bertz CT molecular complexity index is 662. The molecule has 0 fully saturated rings. The number of hydrogen-bond acceptors (Lipinski definition) is 5. The molecule has 0 bridgehead atoms. The molecule has 1 amide bonds. The molecular weight excluding hydrogens is 317 g/mol. The van der Waals surface area contributed by atoms with Crippen LogP contribution in [0.4, 0.5) is 18.3 Å². The van der Waals surface area contributed by atoms with Crippen LogP contribution in [0.1, 0.15) is 15.9 Å². The Balaban J connectivity index is 2.22. The van der Waals surface area contributed by atoms with Crippen LogP contribution < -0.4 is 5.32 Å². The highest BCUT2D eigenvalue weighted by Crippen LogP contribution is 2.29. The number of amides is 1. The Morgan fingerprint density at radius 1 is 1.32 bits per heavy atom. The molecule has 0 spiro atoms. The van der Waals surface area contributed by atoms with Crippen LogP contribution in [0.2, 0.25) is 0 Å². The largest absolute Gasteiger partial charge is 0.416 e. The topological polar surface area (TPSA) is 42.0 Å². The van der Waals surface area contributed by atoms with Crippen LogP contribution >= 0.6 is 32.9 Å². The Labute approximate surface area is 118 Å². The van der Waals surface area contributed by atoms with Gasteiger partial charge in [-0.1, -0.05) is 6.07 Å². The number of benzene rings is 1. The van der Waals surface area contributed by atoms with Gasteiger partial charge in [0.1, 0.15) is 0 Å². The van der Waals surface area contributed by atoms with E-state index in [0.29, 0.717) is 3.95 Å². The Hall–Kier alpha value is -1.32. The van der Waals surface area contributed by atoms with Gasteiger partial charge in [-0.2, -0.15) is 18.2 Å². The molecule has 0 aliphatic rings. The molecule has 0 radical (unpaired) electrons. The van der Waals surface area contributed by atoms with Gasteiger partial charge in [-0.05, 0) is 51.1 Å². The number of anilines is 1. The molecule has 9 heteroatoms. The molecule has 0 aliphatic carbocycles. The maximum Gasteiger partial charge on any atom is 0.416 e. The second-order valence-electron chi connectivity index (χ2n) is 3.38. The molecule has 0 saturated heterocycles. The average Bonchev–Trinajstić information content (AvgIpc) is 2.74. The first-order chi connectivity index (χ1) is 8.86. The molecule has 19 heavy (non-hydrogen) atoms. The second kappa shape index (κ2) is 5.35. The number of alkyl halides is 3. The van der Waals surface area contributed by atoms with Crippen molar-refractivity contribution in [3.8, 4) is 0 Å². The molecule has 1 heterocycles. The molecule has 0 atom stereocenters. The van der Waals surface area contributed by atoms with Crippen molar-refractivity contribution in [3.63, 3.8) is 0 Å². The minimum absolute atomic E-state index is 0.0825. The highest BCUT2D eigenvalue weighted by atomic mass is 32.9. The number of nitrogens with zero attached hydrogens (tertiary/aromatic N) is 1. The summed E-state index contributed by atoms with van der Waals surface area (Å²) in [6.07, 6.45) is -4.48. The van der Waals surface area contributed by atoms with E-state index >= 15 is 0 Å². The third kappa shape index (κ3) is 3.58. The molecule has 2 aromatic rings. The van der Waals surface area contributed by atoms with Crippen molar-refractivity contribution < 1.29 is 18.0 Å². The zero-order valence-corrected chi connectivity index (χ0v) is 11.5. The minimum Gasteiger partial charge on any atom is -0.297 e. The standard InChI is InChI=1S/C10H5F3N2OS3/c11-10(12,13)6-3-1-2-5(4-6)7(16)14-8-15-9(17)19-18-8/h1-4H,(H,14,15,16,17). The summed E-state index contributed by atoms with van der Waals surface area (Å²) in [4.78, 5) is 15.6. The van der Waals surface area contributed by atoms with Crippen molar-refractivity contribution in [2.45, 2.75) is 6.18 Å². The summed E-state index contributed by atoms with van der Waals surface area (Å²) < 4.78 is 37.9. The number of carbonyl (C=O) groups excluding carboxylic acids is 1. The number of halogens is 3. The molecule has 0 aliphatic heterocycles. The van der Waals surface area contributed by atoms with Crippen molar-refractivity contribution in [1.82, 2.24) is 4.98 Å². The van der Waals surface area contributed by atoms with E-state index in [-0.39, 0.29) is 10.7 Å². The summed E-state index contributed by atoms with van der Waals surface area (Å²) >= 11 is 4.79. The smallest absolute Gasteiger partial charge is 0.297 e. The quantitative estimate of drug-likeness (QED) is 0.665. The third-order valence-corrected chi connectivity index (χ3v) is 4.58. The summed E-state index contributed by atoms with van der Waals surface area (Å²) in [7, 11) is 2.35. The highest BCUT2D eigenvalue weighted by molar-refractivity contribution is 7.79. The summed E-state index contributed by atoms with van der Waals surface area (Å²) in [6, 6.07) is 4.18. The van der Waals surface area contributed by atoms with E-state index in [9.17, 15) is 18.0 Å². The van der Waals surface area contributed by atoms with E-state index in [0.717, 1.165) is 22.5 Å². The fourth-order valence-corrected chi connectivity index (χ4v) is 3.10. The Kier molecular flexibility index (Phi) is 3.97. The molecule has 2 rings (SSSR count). The Morgan fingerprint density at radius 3 is 2.63 bits per heavy atom. The van der Waals surface area contributed by atoms with E-state index < -0.39 is 17.6 Å². The number of nitrogens with one attached hydrogen (secondary N) is 1. The van der Waals surface area contributed by atoms with E-state index in [4.69, 9.17) is 12.2 Å². The van der Waals surface area contributed by atoms with Gasteiger partial charge in [0.05, 0.1) is 5.56 Å². The normalized spacial score (nSPS) is 11.3. The molecule has 1 N–H and O–H groups in total. The maximum absolute atomic E-state index is 12.5. The SMILES string of the molecule is O=C(Nc1nc(=S)ss1)c1cccc(C(F)(F)F)c1. The van der Waals surface area contributed by atoms with Crippen LogP contribution in [0.3, 0.4) is 0 Å². The zero-order chi connectivity index (χ0) is 14.0. The first kappa shape index (κ1) is 14.1. The fourth-order valence-electron chi connectivity index (χ4n) is 1.25. The monoisotopic (exact) mass is 322 g/mol. The lowest BCUT2D eigenvalue weighted by atomic mass is 10.1. The van der Waals surface area contributed by atoms with Gasteiger partial charge in [-0.15, -0.1) is 0 Å². The second-order valence-corrected chi connectivity index (χ2v) is 6.13. The Morgan fingerprint density at radius 2 is 2.05 bits per heavy atom. The minimum atomic E-state index is -4.48. The summed E-state index contributed by atoms with van der Waals surface area (Å²) in [6.45, 7) is 0. The number of rotatable bonds is 2. The summed E-state index contributed by atoms with van der Waals surface area (Å²) in [5.41, 5.74) is -0.952. The van der Waals surface area contributed by atoms with Gasteiger partial charge < -0.3 is 0 Å². The third-order valence-electron chi connectivity index (χ3n) is 2.06. The van der Waals surface area contributed by atoms with Crippen LogP contribution in [0.5, 0.6) is 0 Å². The van der Waals surface area contributed by atoms with Gasteiger partial charge in [0.15, 0.2) is 3.95 Å². The predicted molar refractivity (Wildman–Crippen MR) is 70.2 cm³/mol. The van der Waals surface area contributed by atoms with E-state index in [1.54, 1.807) is 0 Å². The molecular formula is C10H5F3N2OS3. The molecule has 1 aromatic heterocycles. The number of carbonyl (C=O) groups is 1. The molecule has 100 valence electrons. The van der Waals surface area contributed by atoms with Crippen LogP contribution in [-0.2, 0) is 6.18 Å². The average molecular weight is 322 g/mol. The maximum atomic E-state index is 12.5. The van der Waals surface area contributed by atoms with Gasteiger partial charge >= 0.3 is 6.18 Å². The van der Waals surface area contributed by atoms with Crippen LogP contribution in [0.25, 0.3) is 0 Å². The molecule has 3 nitrogen and oxygen atoms in total. The lowest BCUT2D eigenvalue weighted by molar-refractivity contribution is -0.137. The summed E-state index contributed by atoms with van der Waals surface area (Å²) in [5.74, 6) is -0.650. The van der Waals surface area contributed by atoms with Crippen LogP contribution in [0, 0.1) is 3.95 Å². The molecule has 1 aromatic carbocycles. The van der Waals surface area contributed by atoms with Crippen molar-refractivity contribution in [1.29, 1.82) is 0 Å². The van der Waals surface area contributed by atoms with Crippen molar-refractivity contribution in [3.05, 3.63) is 39.3 Å². The van der Waals surface area contributed by atoms with Gasteiger partial charge in [0.25, 0.3) is 5.91 Å². The molecule has 0 unspecified atom stereocenters. The van der Waals surface area contributed by atoms with Crippen LogP contribution in [0.15, 0.2) is 24.3 Å². The highest BCUT2D eigenvalue weighted by Gasteiger charge is 2.30. The first-order valence-electron chi connectivity index (χ1n) is 4.82. The van der Waals surface area contributed by atoms with Crippen LogP contribution in [-0.4, -0.2) is 10.9 Å². The van der Waals surface area contributed by atoms with Gasteiger partial charge in [-0.3, -0.25) is 10.1 Å². The van der Waals surface area contributed by atoms with Crippen molar-refractivity contribution in [2.75, 3.05) is 5.32 Å². The van der Waals surface area contributed by atoms with E-state index in [2.05, 4.69) is 10.3 Å². The predicted octanol–water partition coefficient (Wildman–Crippen LogP) is 4.21. The van der Waals surface area contributed by atoms with E-state index in [1.165, 1.54) is 22.5 Å². The first-order valence-corrected chi connectivity index (χ1v) is 7.38. The van der Waals surface area contributed by atoms with Crippen molar-refractivity contribution >= 4 is 43.9 Å². The zero-order valence-electron chi connectivity index (χ0n) is 9.02. The fraction of sp³-hybridized carbons (Fsp3) is 0.100. The lowest BCUT2D eigenvalue weighted by Gasteiger charge is -2.08. The number of aromatic nitrogens is 1. The van der Waals surface area contributed by atoms with Crippen molar-refractivity contribution in [2.24, 2.45) is 0 Å². The molecule has 0 saturated carbocycles. The van der Waals surface area contributed by atoms with Gasteiger partial charge in [-0.25, -0.2) is 0 Å². The van der Waals surface area contributed by atoms with Gasteiger partial charge in [0.2, 0.25) is 5.13 Å². The summed E-state index contributed by atoms with van der Waals surface area (Å²) in [5, 5.41) is 2.68. The number of hydrogen-bond donors (Lipinski definition) is 1.